The number of nitro benzene ring substituents is 1. The van der Waals surface area contributed by atoms with Gasteiger partial charge >= 0.3 is 0 Å². The molecule has 1 aliphatic heterocycles. The highest BCUT2D eigenvalue weighted by Gasteiger charge is 2.26. The van der Waals surface area contributed by atoms with Crippen molar-refractivity contribution < 1.29 is 14.1 Å². The summed E-state index contributed by atoms with van der Waals surface area (Å²) in [5.74, 6) is -0.667. The van der Waals surface area contributed by atoms with E-state index in [0.29, 0.717) is 19.6 Å². The van der Waals surface area contributed by atoms with Crippen LogP contribution in [-0.2, 0) is 4.79 Å². The second-order valence-corrected chi connectivity index (χ2v) is 6.07. The predicted octanol–water partition coefficient (Wildman–Crippen LogP) is 2.32. The fraction of sp³-hybridized carbons (Fsp3) is 0.278. The zero-order chi connectivity index (χ0) is 18.5. The number of carbonyl (C=O) groups excluding carboxylic acids is 1. The second-order valence-electron chi connectivity index (χ2n) is 6.07. The summed E-state index contributed by atoms with van der Waals surface area (Å²) >= 11 is 0. The Labute approximate surface area is 150 Å². The van der Waals surface area contributed by atoms with Crippen LogP contribution in [-0.4, -0.2) is 41.9 Å². The van der Waals surface area contributed by atoms with Gasteiger partial charge in [-0.15, -0.1) is 0 Å². The summed E-state index contributed by atoms with van der Waals surface area (Å²) < 4.78 is 13.5. The smallest absolute Gasteiger partial charge is 0.292 e. The molecule has 2 aromatic rings. The Morgan fingerprint density at radius 3 is 2.88 bits per heavy atom. The molecule has 1 aliphatic rings. The lowest BCUT2D eigenvalue weighted by Crippen LogP contribution is -2.48. The van der Waals surface area contributed by atoms with E-state index in [1.165, 1.54) is 24.3 Å². The molecule has 0 aromatic heterocycles. The van der Waals surface area contributed by atoms with Crippen molar-refractivity contribution in [1.29, 1.82) is 0 Å². The van der Waals surface area contributed by atoms with Crippen LogP contribution in [0.2, 0.25) is 0 Å². The number of piperazine rings is 1. The van der Waals surface area contributed by atoms with Gasteiger partial charge in [0.25, 0.3) is 5.69 Å². The summed E-state index contributed by atoms with van der Waals surface area (Å²) in [6.07, 6.45) is 0. The van der Waals surface area contributed by atoms with Crippen LogP contribution in [0, 0.1) is 15.9 Å². The van der Waals surface area contributed by atoms with E-state index < -0.39 is 4.92 Å². The van der Waals surface area contributed by atoms with E-state index in [2.05, 4.69) is 10.6 Å². The molecule has 0 radical (unpaired) electrons. The number of halogens is 1. The van der Waals surface area contributed by atoms with Crippen molar-refractivity contribution >= 4 is 17.3 Å². The topological polar surface area (TPSA) is 87.5 Å². The first-order valence-corrected chi connectivity index (χ1v) is 8.28. The molecule has 1 heterocycles. The quantitative estimate of drug-likeness (QED) is 0.633. The number of carbonyl (C=O) groups is 1. The maximum absolute atomic E-state index is 13.5. The van der Waals surface area contributed by atoms with E-state index in [-0.39, 0.29) is 35.7 Å². The molecule has 0 aliphatic carbocycles. The van der Waals surface area contributed by atoms with Crippen LogP contribution in [0.5, 0.6) is 0 Å². The van der Waals surface area contributed by atoms with Gasteiger partial charge in [0.05, 0.1) is 11.5 Å². The molecule has 2 N–H and O–H groups in total. The Morgan fingerprint density at radius 1 is 1.31 bits per heavy atom. The SMILES string of the molecule is O=C(CN1CCNCC1c1cccc(F)c1)Nc1ccccc1[N+](=O)[O-]. The van der Waals surface area contributed by atoms with Crippen LogP contribution < -0.4 is 10.6 Å². The monoisotopic (exact) mass is 358 g/mol. The summed E-state index contributed by atoms with van der Waals surface area (Å²) in [5.41, 5.74) is 0.804. The predicted molar refractivity (Wildman–Crippen MR) is 95.3 cm³/mol. The Morgan fingerprint density at radius 2 is 2.12 bits per heavy atom. The van der Waals surface area contributed by atoms with Gasteiger partial charge in [0.1, 0.15) is 11.5 Å². The van der Waals surface area contributed by atoms with Gasteiger partial charge in [-0.1, -0.05) is 24.3 Å². The zero-order valence-electron chi connectivity index (χ0n) is 14.0. The average molecular weight is 358 g/mol. The van der Waals surface area contributed by atoms with E-state index in [1.807, 2.05) is 11.0 Å². The van der Waals surface area contributed by atoms with Crippen LogP contribution in [0.25, 0.3) is 0 Å². The Balaban J connectivity index is 1.72. The number of anilines is 1. The van der Waals surface area contributed by atoms with Crippen molar-refractivity contribution in [3.05, 3.63) is 70.0 Å². The van der Waals surface area contributed by atoms with Gasteiger partial charge in [-0.05, 0) is 23.8 Å². The third-order valence-electron chi connectivity index (χ3n) is 4.31. The highest BCUT2D eigenvalue weighted by molar-refractivity contribution is 5.94. The fourth-order valence-corrected chi connectivity index (χ4v) is 3.09. The molecular formula is C18H19FN4O3. The number of hydrogen-bond acceptors (Lipinski definition) is 5. The first-order chi connectivity index (χ1) is 12.5. The van der Waals surface area contributed by atoms with Crippen LogP contribution >= 0.6 is 0 Å². The minimum Gasteiger partial charge on any atom is -0.319 e. The highest BCUT2D eigenvalue weighted by atomic mass is 19.1. The Hall–Kier alpha value is -2.84. The molecular weight excluding hydrogens is 339 g/mol. The number of rotatable bonds is 5. The van der Waals surface area contributed by atoms with Crippen molar-refractivity contribution in [3.8, 4) is 0 Å². The lowest BCUT2D eigenvalue weighted by Gasteiger charge is -2.36. The maximum Gasteiger partial charge on any atom is 0.292 e. The van der Waals surface area contributed by atoms with Crippen molar-refractivity contribution in [3.63, 3.8) is 0 Å². The molecule has 0 bridgehead atoms. The van der Waals surface area contributed by atoms with Crippen molar-refractivity contribution in [2.45, 2.75) is 6.04 Å². The van der Waals surface area contributed by atoms with Gasteiger partial charge in [-0.2, -0.15) is 0 Å². The van der Waals surface area contributed by atoms with Crippen molar-refractivity contribution in [2.75, 3.05) is 31.5 Å². The molecule has 136 valence electrons. The summed E-state index contributed by atoms with van der Waals surface area (Å²) in [6, 6.07) is 12.2. The third kappa shape index (κ3) is 4.22. The van der Waals surface area contributed by atoms with E-state index in [0.717, 1.165) is 5.56 Å². The van der Waals surface area contributed by atoms with E-state index in [1.54, 1.807) is 18.2 Å². The standard InChI is InChI=1S/C18H19FN4O3/c19-14-5-3-4-13(10-14)17-11-20-8-9-22(17)12-18(24)21-15-6-1-2-7-16(15)23(25)26/h1-7,10,17,20H,8-9,11-12H2,(H,21,24). The Bertz CT molecular complexity index is 815. The summed E-state index contributed by atoms with van der Waals surface area (Å²) in [4.78, 5) is 24.9. The first kappa shape index (κ1) is 18.0. The number of nitrogens with one attached hydrogen (secondary N) is 2. The summed E-state index contributed by atoms with van der Waals surface area (Å²) in [6.45, 7) is 1.99. The highest BCUT2D eigenvalue weighted by Crippen LogP contribution is 2.25. The molecule has 1 fully saturated rings. The minimum absolute atomic E-state index is 0.0644. The van der Waals surface area contributed by atoms with E-state index >= 15 is 0 Å². The lowest BCUT2D eigenvalue weighted by atomic mass is 10.0. The maximum atomic E-state index is 13.5. The van der Waals surface area contributed by atoms with Gasteiger partial charge < -0.3 is 10.6 Å². The van der Waals surface area contributed by atoms with E-state index in [4.69, 9.17) is 0 Å². The van der Waals surface area contributed by atoms with Gasteiger partial charge in [0.2, 0.25) is 5.91 Å². The first-order valence-electron chi connectivity index (χ1n) is 8.28. The molecule has 8 heteroatoms. The zero-order valence-corrected chi connectivity index (χ0v) is 14.0. The van der Waals surface area contributed by atoms with Crippen molar-refractivity contribution in [1.82, 2.24) is 10.2 Å². The number of amides is 1. The molecule has 0 spiro atoms. The third-order valence-corrected chi connectivity index (χ3v) is 4.31. The number of benzene rings is 2. The lowest BCUT2D eigenvalue weighted by molar-refractivity contribution is -0.383. The number of nitro groups is 1. The Kier molecular flexibility index (Phi) is 5.55. The number of nitrogens with zero attached hydrogens (tertiary/aromatic N) is 2. The van der Waals surface area contributed by atoms with Gasteiger partial charge in [-0.3, -0.25) is 19.8 Å². The van der Waals surface area contributed by atoms with Crippen LogP contribution in [0.4, 0.5) is 15.8 Å². The molecule has 1 saturated heterocycles. The normalized spacial score (nSPS) is 17.7. The molecule has 2 aromatic carbocycles. The number of hydrogen-bond donors (Lipinski definition) is 2. The average Bonchev–Trinajstić information content (AvgIpc) is 2.62. The fourth-order valence-electron chi connectivity index (χ4n) is 3.09. The van der Waals surface area contributed by atoms with E-state index in [9.17, 15) is 19.3 Å². The second kappa shape index (κ2) is 8.03. The van der Waals surface area contributed by atoms with Crippen LogP contribution in [0.15, 0.2) is 48.5 Å². The molecule has 7 nitrogen and oxygen atoms in total. The van der Waals surface area contributed by atoms with Crippen LogP contribution in [0.1, 0.15) is 11.6 Å². The molecule has 1 unspecified atom stereocenters. The van der Waals surface area contributed by atoms with Crippen molar-refractivity contribution in [2.24, 2.45) is 0 Å². The summed E-state index contributed by atoms with van der Waals surface area (Å²) in [5, 5.41) is 16.9. The molecule has 1 amide bonds. The molecule has 1 atom stereocenters. The molecule has 3 rings (SSSR count). The van der Waals surface area contributed by atoms with Gasteiger partial charge in [0, 0.05) is 31.7 Å². The molecule has 0 saturated carbocycles. The van der Waals surface area contributed by atoms with Crippen LogP contribution in [0.3, 0.4) is 0 Å². The largest absolute Gasteiger partial charge is 0.319 e. The van der Waals surface area contributed by atoms with Gasteiger partial charge in [0.15, 0.2) is 0 Å². The minimum atomic E-state index is -0.532. The molecule has 26 heavy (non-hydrogen) atoms. The summed E-state index contributed by atoms with van der Waals surface area (Å²) in [7, 11) is 0. The number of para-hydroxylation sites is 2. The van der Waals surface area contributed by atoms with Gasteiger partial charge in [-0.25, -0.2) is 4.39 Å².